The van der Waals surface area contributed by atoms with Crippen molar-refractivity contribution in [1.82, 2.24) is 19.7 Å². The summed E-state index contributed by atoms with van der Waals surface area (Å²) >= 11 is 5.90. The molecular formula is C17H10ClF4N5. The topological polar surface area (TPSA) is 69.6 Å². The molecule has 3 rings (SSSR count). The maximum Gasteiger partial charge on any atom is 0.435 e. The Hall–Kier alpha value is -3.12. The summed E-state index contributed by atoms with van der Waals surface area (Å²) in [5.41, 5.74) is 4.73. The van der Waals surface area contributed by atoms with Crippen LogP contribution < -0.4 is 5.73 Å². The largest absolute Gasteiger partial charge is 0.435 e. The van der Waals surface area contributed by atoms with E-state index in [0.717, 1.165) is 10.7 Å². The SMILES string of the molecule is Cn1nc(C(F)(F)F)cc1-c1cnc(N)c(C#Cc2c(F)cccc2Cl)n1. The quantitative estimate of drug-likeness (QED) is 0.504. The summed E-state index contributed by atoms with van der Waals surface area (Å²) in [6.45, 7) is 0. The molecule has 2 aromatic heterocycles. The predicted octanol–water partition coefficient (Wildman–Crippen LogP) is 3.67. The molecule has 2 N–H and O–H groups in total. The van der Waals surface area contributed by atoms with Crippen molar-refractivity contribution in [2.24, 2.45) is 7.05 Å². The predicted molar refractivity (Wildman–Crippen MR) is 91.0 cm³/mol. The summed E-state index contributed by atoms with van der Waals surface area (Å²) in [7, 11) is 1.34. The lowest BCUT2D eigenvalue weighted by Gasteiger charge is -2.03. The smallest absolute Gasteiger partial charge is 0.381 e. The van der Waals surface area contributed by atoms with Gasteiger partial charge in [0, 0.05) is 7.05 Å². The first-order chi connectivity index (χ1) is 12.7. The first-order valence-electron chi connectivity index (χ1n) is 7.37. The van der Waals surface area contributed by atoms with Crippen molar-refractivity contribution in [3.63, 3.8) is 0 Å². The minimum absolute atomic E-state index is 0.0263. The number of anilines is 1. The summed E-state index contributed by atoms with van der Waals surface area (Å²) in [5, 5.41) is 3.52. The number of halogens is 5. The van der Waals surface area contributed by atoms with Gasteiger partial charge in [0.1, 0.15) is 11.5 Å². The normalized spacial score (nSPS) is 11.2. The van der Waals surface area contributed by atoms with E-state index in [1.165, 1.54) is 31.4 Å². The second-order valence-electron chi connectivity index (χ2n) is 5.37. The highest BCUT2D eigenvalue weighted by Crippen LogP contribution is 2.31. The van der Waals surface area contributed by atoms with Crippen molar-refractivity contribution in [2.75, 3.05) is 5.73 Å². The maximum atomic E-state index is 13.8. The Morgan fingerprint density at radius 2 is 1.96 bits per heavy atom. The van der Waals surface area contributed by atoms with Crippen molar-refractivity contribution < 1.29 is 17.6 Å². The molecule has 27 heavy (non-hydrogen) atoms. The van der Waals surface area contributed by atoms with Crippen LogP contribution in [-0.2, 0) is 13.2 Å². The van der Waals surface area contributed by atoms with Crippen molar-refractivity contribution in [1.29, 1.82) is 0 Å². The summed E-state index contributed by atoms with van der Waals surface area (Å²) in [4.78, 5) is 8.01. The second kappa shape index (κ2) is 6.89. The monoisotopic (exact) mass is 395 g/mol. The van der Waals surface area contributed by atoms with Crippen LogP contribution in [0.1, 0.15) is 17.0 Å². The minimum atomic E-state index is -4.60. The van der Waals surface area contributed by atoms with E-state index >= 15 is 0 Å². The molecule has 0 aliphatic carbocycles. The van der Waals surface area contributed by atoms with Crippen LogP contribution >= 0.6 is 11.6 Å². The van der Waals surface area contributed by atoms with E-state index < -0.39 is 17.7 Å². The van der Waals surface area contributed by atoms with Gasteiger partial charge < -0.3 is 5.73 Å². The van der Waals surface area contributed by atoms with Crippen molar-refractivity contribution in [3.8, 4) is 23.2 Å². The fourth-order valence-electron chi connectivity index (χ4n) is 2.20. The number of aromatic nitrogens is 4. The van der Waals surface area contributed by atoms with Crippen LogP contribution in [-0.4, -0.2) is 19.7 Å². The zero-order chi connectivity index (χ0) is 19.8. The number of alkyl halides is 3. The lowest BCUT2D eigenvalue weighted by molar-refractivity contribution is -0.141. The van der Waals surface area contributed by atoms with E-state index in [1.807, 2.05) is 0 Å². The second-order valence-corrected chi connectivity index (χ2v) is 5.78. The molecule has 5 nitrogen and oxygen atoms in total. The lowest BCUT2D eigenvalue weighted by atomic mass is 10.2. The fourth-order valence-corrected chi connectivity index (χ4v) is 2.41. The zero-order valence-corrected chi connectivity index (χ0v) is 14.4. The number of nitrogen functional groups attached to an aromatic ring is 1. The Morgan fingerprint density at radius 3 is 2.59 bits per heavy atom. The third kappa shape index (κ3) is 3.85. The van der Waals surface area contributed by atoms with Gasteiger partial charge in [-0.3, -0.25) is 4.68 Å². The highest BCUT2D eigenvalue weighted by atomic mass is 35.5. The molecule has 3 aromatic rings. The number of nitrogens with two attached hydrogens (primary N) is 1. The van der Waals surface area contributed by atoms with E-state index in [1.54, 1.807) is 0 Å². The van der Waals surface area contributed by atoms with E-state index in [9.17, 15) is 17.6 Å². The molecule has 0 amide bonds. The first-order valence-corrected chi connectivity index (χ1v) is 7.75. The van der Waals surface area contributed by atoms with Crippen LogP contribution in [0.4, 0.5) is 23.4 Å². The van der Waals surface area contributed by atoms with Crippen LogP contribution in [0.25, 0.3) is 11.4 Å². The summed E-state index contributed by atoms with van der Waals surface area (Å²) < 4.78 is 53.3. The number of benzene rings is 1. The lowest BCUT2D eigenvalue weighted by Crippen LogP contribution is -2.06. The average molecular weight is 396 g/mol. The average Bonchev–Trinajstić information content (AvgIpc) is 2.98. The van der Waals surface area contributed by atoms with Gasteiger partial charge in [-0.2, -0.15) is 18.3 Å². The Morgan fingerprint density at radius 1 is 1.22 bits per heavy atom. The zero-order valence-electron chi connectivity index (χ0n) is 13.6. The van der Waals surface area contributed by atoms with Crippen LogP contribution in [0.5, 0.6) is 0 Å². The van der Waals surface area contributed by atoms with Crippen molar-refractivity contribution in [3.05, 3.63) is 58.3 Å². The molecule has 0 bridgehead atoms. The summed E-state index contributed by atoms with van der Waals surface area (Å²) in [6.07, 6.45) is -3.39. The molecule has 0 unspecified atom stereocenters. The number of hydrogen-bond acceptors (Lipinski definition) is 4. The van der Waals surface area contributed by atoms with Crippen LogP contribution in [0.2, 0.25) is 5.02 Å². The highest BCUT2D eigenvalue weighted by Gasteiger charge is 2.34. The van der Waals surface area contributed by atoms with Crippen LogP contribution in [0.3, 0.4) is 0 Å². The van der Waals surface area contributed by atoms with Gasteiger partial charge in [-0.25, -0.2) is 14.4 Å². The molecule has 1 aromatic carbocycles. The number of nitrogens with zero attached hydrogens (tertiary/aromatic N) is 4. The Labute approximate surface area is 155 Å². The maximum absolute atomic E-state index is 13.8. The molecule has 0 radical (unpaired) electrons. The third-order valence-corrected chi connectivity index (χ3v) is 3.82. The van der Waals surface area contributed by atoms with Gasteiger partial charge in [-0.1, -0.05) is 23.6 Å². The highest BCUT2D eigenvalue weighted by molar-refractivity contribution is 6.31. The van der Waals surface area contributed by atoms with Gasteiger partial charge >= 0.3 is 6.18 Å². The van der Waals surface area contributed by atoms with E-state index in [0.29, 0.717) is 0 Å². The van der Waals surface area contributed by atoms with Gasteiger partial charge in [-0.05, 0) is 24.1 Å². The Balaban J connectivity index is 2.05. The van der Waals surface area contributed by atoms with Gasteiger partial charge in [0.25, 0.3) is 0 Å². The van der Waals surface area contributed by atoms with Gasteiger partial charge in [0.15, 0.2) is 17.2 Å². The first kappa shape index (κ1) is 18.7. The fraction of sp³-hybridized carbons (Fsp3) is 0.118. The molecule has 0 aliphatic rings. The molecule has 0 spiro atoms. The molecule has 0 saturated heterocycles. The van der Waals surface area contributed by atoms with Gasteiger partial charge in [0.2, 0.25) is 0 Å². The van der Waals surface area contributed by atoms with E-state index in [-0.39, 0.29) is 33.5 Å². The van der Waals surface area contributed by atoms with Crippen LogP contribution in [0.15, 0.2) is 30.5 Å². The van der Waals surface area contributed by atoms with Gasteiger partial charge in [0.05, 0.1) is 22.5 Å². The number of hydrogen-bond donors (Lipinski definition) is 1. The van der Waals surface area contributed by atoms with Gasteiger partial charge in [-0.15, -0.1) is 0 Å². The van der Waals surface area contributed by atoms with Crippen LogP contribution in [0, 0.1) is 17.7 Å². The van der Waals surface area contributed by atoms with Crippen molar-refractivity contribution >= 4 is 17.4 Å². The summed E-state index contributed by atoms with van der Waals surface area (Å²) in [5.74, 6) is 4.39. The Bertz CT molecular complexity index is 1060. The number of aryl methyl sites for hydroxylation is 1. The minimum Gasteiger partial charge on any atom is -0.381 e. The molecule has 2 heterocycles. The van der Waals surface area contributed by atoms with E-state index in [2.05, 4.69) is 26.9 Å². The molecule has 0 aliphatic heterocycles. The third-order valence-electron chi connectivity index (χ3n) is 3.50. The standard InChI is InChI=1S/C17H10ClF4N5/c1-27-14(7-15(26-27)17(20,21)22)13-8-24-16(23)12(25-13)6-5-9-10(18)3-2-4-11(9)19/h2-4,7-8H,1H3,(H2,23,24). The molecule has 10 heteroatoms. The number of rotatable bonds is 1. The molecule has 0 atom stereocenters. The molecule has 138 valence electrons. The Kier molecular flexibility index (Phi) is 4.76. The van der Waals surface area contributed by atoms with E-state index in [4.69, 9.17) is 17.3 Å². The van der Waals surface area contributed by atoms with Crippen molar-refractivity contribution in [2.45, 2.75) is 6.18 Å². The molecular weight excluding hydrogens is 386 g/mol. The summed E-state index contributed by atoms with van der Waals surface area (Å²) in [6, 6.07) is 4.92. The molecule has 0 saturated carbocycles. The molecule has 0 fully saturated rings.